The van der Waals surface area contributed by atoms with E-state index in [1.165, 1.54) is 6.42 Å². The third kappa shape index (κ3) is 3.94. The van der Waals surface area contributed by atoms with E-state index in [9.17, 15) is 4.79 Å². The Balaban J connectivity index is 2.41. The van der Waals surface area contributed by atoms with Gasteiger partial charge in [-0.25, -0.2) is 4.79 Å². The zero-order valence-electron chi connectivity index (χ0n) is 9.99. The van der Waals surface area contributed by atoms with Crippen molar-refractivity contribution in [3.63, 3.8) is 0 Å². The van der Waals surface area contributed by atoms with Crippen LogP contribution in [0.5, 0.6) is 0 Å². The van der Waals surface area contributed by atoms with Crippen molar-refractivity contribution in [2.45, 2.75) is 33.6 Å². The van der Waals surface area contributed by atoms with Crippen molar-refractivity contribution in [2.75, 3.05) is 13.1 Å². The Morgan fingerprint density at radius 2 is 2.00 bits per heavy atom. The molecular formula is C12H22N2O. The van der Waals surface area contributed by atoms with Crippen LogP contribution < -0.4 is 5.32 Å². The number of nitrogens with one attached hydrogen (secondary N) is 1. The molecule has 3 heteroatoms. The summed E-state index contributed by atoms with van der Waals surface area (Å²) < 4.78 is 0. The molecular weight excluding hydrogens is 188 g/mol. The zero-order valence-corrected chi connectivity index (χ0v) is 9.99. The average Bonchev–Trinajstić information content (AvgIpc) is 2.16. The summed E-state index contributed by atoms with van der Waals surface area (Å²) in [6.07, 6.45) is 5.88. The van der Waals surface area contributed by atoms with Gasteiger partial charge in [0.25, 0.3) is 0 Å². The van der Waals surface area contributed by atoms with Crippen molar-refractivity contribution in [3.05, 3.63) is 12.3 Å². The van der Waals surface area contributed by atoms with Gasteiger partial charge in [-0.1, -0.05) is 26.8 Å². The van der Waals surface area contributed by atoms with Crippen molar-refractivity contribution >= 4 is 6.03 Å². The molecule has 86 valence electrons. The molecule has 2 unspecified atom stereocenters. The smallest absolute Gasteiger partial charge is 0.321 e. The fourth-order valence-electron chi connectivity index (χ4n) is 2.17. The Kier molecular flexibility index (Phi) is 4.66. The summed E-state index contributed by atoms with van der Waals surface area (Å²) in [7, 11) is 0. The fraction of sp³-hybridized carbons (Fsp3) is 0.750. The summed E-state index contributed by atoms with van der Waals surface area (Å²) in [6.45, 7) is 8.23. The number of piperidine rings is 1. The molecule has 0 bridgehead atoms. The molecule has 15 heavy (non-hydrogen) atoms. The van der Waals surface area contributed by atoms with Crippen LogP contribution >= 0.6 is 0 Å². The van der Waals surface area contributed by atoms with E-state index in [2.05, 4.69) is 19.2 Å². The fourth-order valence-corrected chi connectivity index (χ4v) is 2.17. The molecule has 1 aliphatic heterocycles. The van der Waals surface area contributed by atoms with Crippen LogP contribution in [0.1, 0.15) is 33.6 Å². The maximum atomic E-state index is 11.7. The minimum Gasteiger partial charge on any atom is -0.324 e. The number of carbonyl (C=O) groups is 1. The highest BCUT2D eigenvalue weighted by atomic mass is 16.2. The third-order valence-corrected chi connectivity index (χ3v) is 2.72. The number of carbonyl (C=O) groups excluding carboxylic acids is 1. The first-order valence-corrected chi connectivity index (χ1v) is 5.84. The molecule has 2 atom stereocenters. The van der Waals surface area contributed by atoms with Crippen molar-refractivity contribution < 1.29 is 4.79 Å². The van der Waals surface area contributed by atoms with E-state index in [0.717, 1.165) is 19.5 Å². The number of nitrogens with zero attached hydrogens (tertiary/aromatic N) is 1. The molecule has 0 aromatic carbocycles. The largest absolute Gasteiger partial charge is 0.324 e. The zero-order chi connectivity index (χ0) is 11.3. The van der Waals surface area contributed by atoms with Gasteiger partial charge in [0.1, 0.15) is 0 Å². The van der Waals surface area contributed by atoms with Gasteiger partial charge in [0.05, 0.1) is 0 Å². The van der Waals surface area contributed by atoms with Crippen LogP contribution in [0.2, 0.25) is 0 Å². The van der Waals surface area contributed by atoms with Gasteiger partial charge in [-0.05, 0) is 24.7 Å². The molecule has 0 radical (unpaired) electrons. The van der Waals surface area contributed by atoms with E-state index < -0.39 is 0 Å². The van der Waals surface area contributed by atoms with E-state index in [1.807, 2.05) is 17.9 Å². The summed E-state index contributed by atoms with van der Waals surface area (Å²) >= 11 is 0. The highest BCUT2D eigenvalue weighted by Crippen LogP contribution is 2.20. The van der Waals surface area contributed by atoms with Crippen LogP contribution in [0.15, 0.2) is 12.3 Å². The van der Waals surface area contributed by atoms with Gasteiger partial charge in [0.15, 0.2) is 0 Å². The summed E-state index contributed by atoms with van der Waals surface area (Å²) in [6, 6.07) is 0.0399. The predicted octanol–water partition coefficient (Wildman–Crippen LogP) is 2.60. The first-order valence-electron chi connectivity index (χ1n) is 5.84. The second-order valence-corrected chi connectivity index (χ2v) is 4.61. The molecule has 0 aromatic rings. The molecule has 1 N–H and O–H groups in total. The highest BCUT2D eigenvalue weighted by molar-refractivity contribution is 5.75. The Morgan fingerprint density at radius 3 is 2.53 bits per heavy atom. The van der Waals surface area contributed by atoms with Crippen LogP contribution in [0, 0.1) is 11.8 Å². The first kappa shape index (κ1) is 12.1. The van der Waals surface area contributed by atoms with E-state index >= 15 is 0 Å². The predicted molar refractivity (Wildman–Crippen MR) is 62.5 cm³/mol. The lowest BCUT2D eigenvalue weighted by molar-refractivity contribution is 0.149. The number of urea groups is 1. The standard InChI is InChI=1S/C12H22N2O/c1-4-5-6-13-12(15)14-8-10(2)7-11(3)9-14/h5-6,10-11H,4,7-9H2,1-3H3,(H,13,15)/b6-5+. The number of rotatable bonds is 2. The van der Waals surface area contributed by atoms with Crippen LogP contribution in [0.3, 0.4) is 0 Å². The highest BCUT2D eigenvalue weighted by Gasteiger charge is 2.24. The van der Waals surface area contributed by atoms with Crippen LogP contribution in [0.4, 0.5) is 4.79 Å². The van der Waals surface area contributed by atoms with Crippen molar-refractivity contribution in [2.24, 2.45) is 11.8 Å². The van der Waals surface area contributed by atoms with Crippen molar-refractivity contribution in [1.29, 1.82) is 0 Å². The number of hydrogen-bond acceptors (Lipinski definition) is 1. The number of likely N-dealkylation sites (tertiary alicyclic amines) is 1. The Hall–Kier alpha value is -0.990. The molecule has 0 aliphatic carbocycles. The van der Waals surface area contributed by atoms with Crippen LogP contribution in [-0.4, -0.2) is 24.0 Å². The molecule has 0 saturated carbocycles. The Labute approximate surface area is 92.5 Å². The molecule has 3 nitrogen and oxygen atoms in total. The molecule has 1 aliphatic rings. The summed E-state index contributed by atoms with van der Waals surface area (Å²) in [5, 5.41) is 2.80. The van der Waals surface area contributed by atoms with Gasteiger partial charge in [0, 0.05) is 19.3 Å². The third-order valence-electron chi connectivity index (χ3n) is 2.72. The summed E-state index contributed by atoms with van der Waals surface area (Å²) in [4.78, 5) is 13.6. The SMILES string of the molecule is CC/C=C/NC(=O)N1CC(C)CC(C)C1. The monoisotopic (exact) mass is 210 g/mol. The van der Waals surface area contributed by atoms with E-state index in [-0.39, 0.29) is 6.03 Å². The molecule has 1 rings (SSSR count). The molecule has 1 saturated heterocycles. The van der Waals surface area contributed by atoms with Gasteiger partial charge < -0.3 is 10.2 Å². The van der Waals surface area contributed by atoms with Crippen LogP contribution in [0.25, 0.3) is 0 Å². The maximum Gasteiger partial charge on any atom is 0.321 e. The van der Waals surface area contributed by atoms with Crippen molar-refractivity contribution in [1.82, 2.24) is 10.2 Å². The lowest BCUT2D eigenvalue weighted by Crippen LogP contribution is -2.46. The first-order chi connectivity index (χ1) is 7.13. The average molecular weight is 210 g/mol. The summed E-state index contributed by atoms with van der Waals surface area (Å²) in [5.74, 6) is 1.24. The topological polar surface area (TPSA) is 32.3 Å². The maximum absolute atomic E-state index is 11.7. The molecule has 1 fully saturated rings. The van der Waals surface area contributed by atoms with Gasteiger partial charge in [-0.15, -0.1) is 0 Å². The minimum absolute atomic E-state index is 0.0399. The van der Waals surface area contributed by atoms with Gasteiger partial charge >= 0.3 is 6.03 Å². The second-order valence-electron chi connectivity index (χ2n) is 4.61. The number of amides is 2. The normalized spacial score (nSPS) is 27.0. The quantitative estimate of drug-likeness (QED) is 0.746. The minimum atomic E-state index is 0.0399. The number of hydrogen-bond donors (Lipinski definition) is 1. The lowest BCUT2D eigenvalue weighted by Gasteiger charge is -2.34. The second kappa shape index (κ2) is 5.79. The van der Waals surface area contributed by atoms with E-state index in [1.54, 1.807) is 6.20 Å². The molecule has 0 aromatic heterocycles. The van der Waals surface area contributed by atoms with Crippen LogP contribution in [-0.2, 0) is 0 Å². The molecule has 1 heterocycles. The van der Waals surface area contributed by atoms with E-state index in [4.69, 9.17) is 0 Å². The van der Waals surface area contributed by atoms with Gasteiger partial charge in [-0.3, -0.25) is 0 Å². The lowest BCUT2D eigenvalue weighted by atomic mass is 9.92. The van der Waals surface area contributed by atoms with E-state index in [0.29, 0.717) is 11.8 Å². The Bertz CT molecular complexity index is 228. The molecule has 2 amide bonds. The summed E-state index contributed by atoms with van der Waals surface area (Å²) in [5.41, 5.74) is 0. The Morgan fingerprint density at radius 1 is 1.40 bits per heavy atom. The van der Waals surface area contributed by atoms with Crippen molar-refractivity contribution in [3.8, 4) is 0 Å². The van der Waals surface area contributed by atoms with Gasteiger partial charge in [0.2, 0.25) is 0 Å². The molecule has 0 spiro atoms. The number of allylic oxidation sites excluding steroid dienone is 1. The van der Waals surface area contributed by atoms with Gasteiger partial charge in [-0.2, -0.15) is 0 Å².